The van der Waals surface area contributed by atoms with Crippen molar-refractivity contribution in [2.45, 2.75) is 45.3 Å². The highest BCUT2D eigenvalue weighted by molar-refractivity contribution is 4.80. The molecule has 0 aromatic heterocycles. The van der Waals surface area contributed by atoms with Crippen LogP contribution in [0.15, 0.2) is 0 Å². The molecule has 66 valence electrons. The third kappa shape index (κ3) is 3.21. The van der Waals surface area contributed by atoms with Gasteiger partial charge in [-0.2, -0.15) is 0 Å². The number of aliphatic hydroxyl groups excluding tert-OH is 1. The van der Waals surface area contributed by atoms with E-state index in [2.05, 4.69) is 6.92 Å². The van der Waals surface area contributed by atoms with Crippen molar-refractivity contribution >= 4 is 0 Å². The summed E-state index contributed by atoms with van der Waals surface area (Å²) >= 11 is 0. The zero-order valence-electron chi connectivity index (χ0n) is 7.42. The fourth-order valence-corrected chi connectivity index (χ4v) is 0.998. The molecule has 2 atom stereocenters. The van der Waals surface area contributed by atoms with Crippen LogP contribution in [0.1, 0.15) is 33.1 Å². The van der Waals surface area contributed by atoms with Crippen molar-refractivity contribution in [2.75, 3.05) is 6.61 Å². The van der Waals surface area contributed by atoms with Crippen molar-refractivity contribution in [3.8, 4) is 0 Å². The molecule has 1 aliphatic carbocycles. The van der Waals surface area contributed by atoms with Gasteiger partial charge in [0.2, 0.25) is 0 Å². The summed E-state index contributed by atoms with van der Waals surface area (Å²) in [6, 6.07) is 0. The quantitative estimate of drug-likeness (QED) is 0.658. The van der Waals surface area contributed by atoms with E-state index in [-0.39, 0.29) is 6.10 Å². The molecular weight excluding hydrogens is 140 g/mol. The van der Waals surface area contributed by atoms with E-state index in [1.54, 1.807) is 0 Å². The van der Waals surface area contributed by atoms with Gasteiger partial charge >= 0.3 is 0 Å². The Morgan fingerprint density at radius 2 is 2.18 bits per heavy atom. The number of hydrogen-bond donors (Lipinski definition) is 1. The average molecular weight is 158 g/mol. The van der Waals surface area contributed by atoms with Gasteiger partial charge in [-0.25, -0.2) is 0 Å². The lowest BCUT2D eigenvalue weighted by Gasteiger charge is -2.14. The zero-order valence-corrected chi connectivity index (χ0v) is 7.42. The predicted molar refractivity (Wildman–Crippen MR) is 44.4 cm³/mol. The average Bonchev–Trinajstić information content (AvgIpc) is 2.81. The minimum absolute atomic E-state index is 0.205. The first-order valence-corrected chi connectivity index (χ1v) is 4.53. The number of aliphatic hydroxyl groups is 1. The van der Waals surface area contributed by atoms with Crippen LogP contribution in [0, 0.1) is 5.92 Å². The van der Waals surface area contributed by atoms with E-state index in [1.165, 1.54) is 12.8 Å². The minimum atomic E-state index is -0.205. The van der Waals surface area contributed by atoms with Crippen molar-refractivity contribution in [1.29, 1.82) is 0 Å². The largest absolute Gasteiger partial charge is 0.390 e. The maximum absolute atomic E-state index is 9.41. The molecule has 0 amide bonds. The van der Waals surface area contributed by atoms with Gasteiger partial charge in [0.25, 0.3) is 0 Å². The molecule has 0 aliphatic heterocycles. The Morgan fingerprint density at radius 3 is 2.64 bits per heavy atom. The SMILES string of the molecule is CCC(C)OCC(O)C1CC1. The highest BCUT2D eigenvalue weighted by Crippen LogP contribution is 2.32. The van der Waals surface area contributed by atoms with Gasteiger partial charge in [0, 0.05) is 0 Å². The van der Waals surface area contributed by atoms with Crippen LogP contribution in [0.4, 0.5) is 0 Å². The summed E-state index contributed by atoms with van der Waals surface area (Å²) < 4.78 is 5.40. The summed E-state index contributed by atoms with van der Waals surface area (Å²) in [6.45, 7) is 4.66. The summed E-state index contributed by atoms with van der Waals surface area (Å²) in [6.07, 6.45) is 3.49. The van der Waals surface area contributed by atoms with Gasteiger partial charge in [-0.3, -0.25) is 0 Å². The first-order chi connectivity index (χ1) is 5.24. The van der Waals surface area contributed by atoms with Crippen LogP contribution in [-0.4, -0.2) is 23.9 Å². The van der Waals surface area contributed by atoms with Crippen LogP contribution in [0.25, 0.3) is 0 Å². The second-order valence-electron chi connectivity index (χ2n) is 3.46. The van der Waals surface area contributed by atoms with Gasteiger partial charge in [0.1, 0.15) is 0 Å². The molecule has 2 heteroatoms. The monoisotopic (exact) mass is 158 g/mol. The van der Waals surface area contributed by atoms with E-state index < -0.39 is 0 Å². The van der Waals surface area contributed by atoms with Crippen LogP contribution in [0.3, 0.4) is 0 Å². The van der Waals surface area contributed by atoms with E-state index >= 15 is 0 Å². The smallest absolute Gasteiger partial charge is 0.0801 e. The lowest BCUT2D eigenvalue weighted by atomic mass is 10.2. The van der Waals surface area contributed by atoms with Crippen LogP contribution >= 0.6 is 0 Å². The number of hydrogen-bond acceptors (Lipinski definition) is 2. The Bertz CT molecular complexity index is 110. The molecule has 0 aromatic rings. The number of ether oxygens (including phenoxy) is 1. The third-order valence-electron chi connectivity index (χ3n) is 2.29. The fraction of sp³-hybridized carbons (Fsp3) is 1.00. The van der Waals surface area contributed by atoms with Crippen molar-refractivity contribution in [1.82, 2.24) is 0 Å². The van der Waals surface area contributed by atoms with Gasteiger partial charge in [-0.15, -0.1) is 0 Å². The molecule has 1 aliphatic rings. The Balaban J connectivity index is 2.00. The molecule has 1 fully saturated rings. The molecule has 0 heterocycles. The van der Waals surface area contributed by atoms with E-state index in [0.717, 1.165) is 6.42 Å². The van der Waals surface area contributed by atoms with Crippen molar-refractivity contribution in [3.63, 3.8) is 0 Å². The molecule has 0 radical (unpaired) electrons. The minimum Gasteiger partial charge on any atom is -0.390 e. The molecule has 1 saturated carbocycles. The van der Waals surface area contributed by atoms with Gasteiger partial charge in [-0.1, -0.05) is 6.92 Å². The molecule has 0 spiro atoms. The Hall–Kier alpha value is -0.0800. The topological polar surface area (TPSA) is 29.5 Å². The molecule has 1 N–H and O–H groups in total. The second-order valence-corrected chi connectivity index (χ2v) is 3.46. The summed E-state index contributed by atoms with van der Waals surface area (Å²) in [5.41, 5.74) is 0. The lowest BCUT2D eigenvalue weighted by Crippen LogP contribution is -2.21. The standard InChI is InChI=1S/C9H18O2/c1-3-7(2)11-6-9(10)8-4-5-8/h7-10H,3-6H2,1-2H3. The summed E-state index contributed by atoms with van der Waals surface area (Å²) in [7, 11) is 0. The van der Waals surface area contributed by atoms with Gasteiger partial charge < -0.3 is 9.84 Å². The maximum atomic E-state index is 9.41. The molecule has 0 bridgehead atoms. The highest BCUT2D eigenvalue weighted by Gasteiger charge is 2.29. The first kappa shape index (κ1) is 9.01. The zero-order chi connectivity index (χ0) is 8.27. The lowest BCUT2D eigenvalue weighted by molar-refractivity contribution is -0.0109. The van der Waals surface area contributed by atoms with Crippen LogP contribution in [0.2, 0.25) is 0 Å². The molecule has 2 unspecified atom stereocenters. The van der Waals surface area contributed by atoms with Crippen LogP contribution < -0.4 is 0 Å². The van der Waals surface area contributed by atoms with Crippen molar-refractivity contribution in [3.05, 3.63) is 0 Å². The van der Waals surface area contributed by atoms with Gasteiger partial charge in [0.15, 0.2) is 0 Å². The molecule has 0 aromatic carbocycles. The second kappa shape index (κ2) is 4.07. The Morgan fingerprint density at radius 1 is 1.55 bits per heavy atom. The van der Waals surface area contributed by atoms with Crippen LogP contribution in [-0.2, 0) is 4.74 Å². The normalized spacial score (nSPS) is 23.2. The van der Waals surface area contributed by atoms with Crippen molar-refractivity contribution < 1.29 is 9.84 Å². The maximum Gasteiger partial charge on any atom is 0.0801 e. The van der Waals surface area contributed by atoms with Gasteiger partial charge in [0.05, 0.1) is 18.8 Å². The fourth-order valence-electron chi connectivity index (χ4n) is 0.998. The summed E-state index contributed by atoms with van der Waals surface area (Å²) in [5, 5.41) is 9.41. The molecule has 11 heavy (non-hydrogen) atoms. The molecular formula is C9H18O2. The van der Waals surface area contributed by atoms with Crippen molar-refractivity contribution in [2.24, 2.45) is 5.92 Å². The highest BCUT2D eigenvalue weighted by atomic mass is 16.5. The van der Waals surface area contributed by atoms with E-state index in [0.29, 0.717) is 18.6 Å². The Kier molecular flexibility index (Phi) is 3.34. The van der Waals surface area contributed by atoms with Gasteiger partial charge in [-0.05, 0) is 32.1 Å². The van der Waals surface area contributed by atoms with E-state index in [4.69, 9.17) is 4.74 Å². The predicted octanol–water partition coefficient (Wildman–Crippen LogP) is 1.57. The van der Waals surface area contributed by atoms with E-state index in [9.17, 15) is 5.11 Å². The van der Waals surface area contributed by atoms with E-state index in [1.807, 2.05) is 6.92 Å². The Labute approximate surface area is 68.6 Å². The van der Waals surface area contributed by atoms with Crippen LogP contribution in [0.5, 0.6) is 0 Å². The number of rotatable bonds is 5. The summed E-state index contributed by atoms with van der Waals surface area (Å²) in [4.78, 5) is 0. The molecule has 1 rings (SSSR count). The molecule has 2 nitrogen and oxygen atoms in total. The third-order valence-corrected chi connectivity index (χ3v) is 2.29. The summed E-state index contributed by atoms with van der Waals surface area (Å²) in [5.74, 6) is 0.541. The molecule has 0 saturated heterocycles. The first-order valence-electron chi connectivity index (χ1n) is 4.53.